The molecule has 0 saturated heterocycles. The second kappa shape index (κ2) is 4.68. The van der Waals surface area contributed by atoms with Crippen molar-refractivity contribution in [1.82, 2.24) is 15.0 Å². The van der Waals surface area contributed by atoms with Gasteiger partial charge in [-0.15, -0.1) is 0 Å². The van der Waals surface area contributed by atoms with Crippen molar-refractivity contribution in [1.29, 1.82) is 0 Å². The van der Waals surface area contributed by atoms with Crippen LogP contribution in [-0.4, -0.2) is 22.0 Å². The summed E-state index contributed by atoms with van der Waals surface area (Å²) in [6.07, 6.45) is 0. The third-order valence-electron chi connectivity index (χ3n) is 1.65. The predicted molar refractivity (Wildman–Crippen MR) is 62.7 cm³/mol. The predicted octanol–water partition coefficient (Wildman–Crippen LogP) is 2.86. The van der Waals surface area contributed by atoms with Gasteiger partial charge in [-0.3, -0.25) is 0 Å². The Morgan fingerprint density at radius 1 is 1.13 bits per heavy atom. The zero-order chi connectivity index (χ0) is 11.6. The fourth-order valence-corrected chi connectivity index (χ4v) is 1.14. The molecule has 0 atom stereocenters. The molecule has 1 heterocycles. The summed E-state index contributed by atoms with van der Waals surface area (Å²) in [5, 5.41) is 2.80. The normalized spacial score (nSPS) is 11.9. The van der Waals surface area contributed by atoms with E-state index in [1.165, 1.54) is 0 Å². The van der Waals surface area contributed by atoms with Gasteiger partial charge in [0.2, 0.25) is 9.74 Å². The number of anilines is 1. The Morgan fingerprint density at radius 3 is 2.13 bits per heavy atom. The summed E-state index contributed by atoms with van der Waals surface area (Å²) in [7, 11) is 1.70. The van der Waals surface area contributed by atoms with Crippen molar-refractivity contribution in [3.05, 3.63) is 11.6 Å². The first-order chi connectivity index (χ1) is 6.84. The van der Waals surface area contributed by atoms with E-state index in [4.69, 9.17) is 34.8 Å². The van der Waals surface area contributed by atoms with Crippen LogP contribution in [0.5, 0.6) is 0 Å². The molecular weight excluding hydrogens is 258 g/mol. The molecule has 15 heavy (non-hydrogen) atoms. The van der Waals surface area contributed by atoms with Gasteiger partial charge >= 0.3 is 0 Å². The minimum atomic E-state index is -1.63. The lowest BCUT2D eigenvalue weighted by molar-refractivity contribution is 0.740. The molecule has 0 spiro atoms. The largest absolute Gasteiger partial charge is 0.357 e. The van der Waals surface area contributed by atoms with E-state index in [0.717, 1.165) is 0 Å². The van der Waals surface area contributed by atoms with Crippen LogP contribution in [0.3, 0.4) is 0 Å². The smallest absolute Gasteiger partial charge is 0.250 e. The van der Waals surface area contributed by atoms with Crippen molar-refractivity contribution in [2.45, 2.75) is 23.6 Å². The summed E-state index contributed by atoms with van der Waals surface area (Å²) in [6.45, 7) is 3.91. The van der Waals surface area contributed by atoms with Crippen LogP contribution in [0.15, 0.2) is 0 Å². The van der Waals surface area contributed by atoms with Crippen molar-refractivity contribution < 1.29 is 0 Å². The number of nitrogens with zero attached hydrogens (tertiary/aromatic N) is 3. The molecule has 0 aliphatic heterocycles. The van der Waals surface area contributed by atoms with Crippen molar-refractivity contribution >= 4 is 40.8 Å². The maximum Gasteiger partial charge on any atom is 0.250 e. The Bertz CT molecular complexity index is 348. The van der Waals surface area contributed by atoms with E-state index in [0.29, 0.717) is 11.8 Å². The third-order valence-corrected chi connectivity index (χ3v) is 2.15. The molecule has 0 saturated carbocycles. The van der Waals surface area contributed by atoms with Crippen LogP contribution >= 0.6 is 34.8 Å². The molecule has 1 rings (SSSR count). The van der Waals surface area contributed by atoms with E-state index in [1.807, 2.05) is 13.8 Å². The monoisotopic (exact) mass is 268 g/mol. The highest BCUT2D eigenvalue weighted by molar-refractivity contribution is 6.66. The SMILES string of the molecule is CNc1nc(C(C)C)nc(C(Cl)(Cl)Cl)n1. The standard InChI is InChI=1S/C8H11Cl3N4/c1-4(2)5-13-6(8(9,10)11)15-7(12-3)14-5/h4H,1-3H3,(H,12,13,14,15). The summed E-state index contributed by atoms with van der Waals surface area (Å²) in [6, 6.07) is 0. The number of hydrogen-bond donors (Lipinski definition) is 1. The average molecular weight is 270 g/mol. The second-order valence-corrected chi connectivity index (χ2v) is 5.52. The minimum Gasteiger partial charge on any atom is -0.357 e. The first kappa shape index (κ1) is 12.7. The lowest BCUT2D eigenvalue weighted by atomic mass is 10.2. The fourth-order valence-electron chi connectivity index (χ4n) is 0.889. The molecule has 1 aromatic heterocycles. The summed E-state index contributed by atoms with van der Waals surface area (Å²) < 4.78 is -1.63. The van der Waals surface area contributed by atoms with Crippen molar-refractivity contribution in [3.8, 4) is 0 Å². The minimum absolute atomic E-state index is 0.135. The molecule has 1 N–H and O–H groups in total. The van der Waals surface area contributed by atoms with Crippen molar-refractivity contribution in [3.63, 3.8) is 0 Å². The van der Waals surface area contributed by atoms with Gasteiger partial charge in [0.05, 0.1) is 0 Å². The summed E-state index contributed by atoms with van der Waals surface area (Å²) in [5.74, 6) is 1.27. The first-order valence-corrected chi connectivity index (χ1v) is 5.49. The molecule has 0 aromatic carbocycles. The molecular formula is C8H11Cl3N4. The third kappa shape index (κ3) is 3.33. The van der Waals surface area contributed by atoms with Gasteiger partial charge in [-0.1, -0.05) is 48.7 Å². The van der Waals surface area contributed by atoms with Crippen LogP contribution in [0, 0.1) is 0 Å². The Kier molecular flexibility index (Phi) is 3.98. The van der Waals surface area contributed by atoms with Crippen LogP contribution in [0.4, 0.5) is 5.95 Å². The van der Waals surface area contributed by atoms with Gasteiger partial charge in [-0.25, -0.2) is 4.98 Å². The van der Waals surface area contributed by atoms with E-state index in [-0.39, 0.29) is 11.7 Å². The summed E-state index contributed by atoms with van der Waals surface area (Å²) in [4.78, 5) is 12.2. The molecule has 7 heteroatoms. The van der Waals surface area contributed by atoms with Gasteiger partial charge in [-0.05, 0) is 0 Å². The molecule has 0 unspecified atom stereocenters. The van der Waals surface area contributed by atoms with Crippen LogP contribution in [0.2, 0.25) is 0 Å². The van der Waals surface area contributed by atoms with Gasteiger partial charge in [-0.2, -0.15) is 9.97 Å². The van der Waals surface area contributed by atoms with Crippen LogP contribution < -0.4 is 5.32 Å². The molecule has 0 bridgehead atoms. The number of rotatable bonds is 2. The first-order valence-electron chi connectivity index (χ1n) is 4.35. The summed E-state index contributed by atoms with van der Waals surface area (Å²) in [5.41, 5.74) is 0. The summed E-state index contributed by atoms with van der Waals surface area (Å²) >= 11 is 17.1. The maximum atomic E-state index is 5.71. The highest BCUT2D eigenvalue weighted by Gasteiger charge is 2.28. The Balaban J connectivity index is 3.23. The molecule has 0 aliphatic rings. The van der Waals surface area contributed by atoms with Gasteiger partial charge in [0.1, 0.15) is 5.82 Å². The van der Waals surface area contributed by atoms with E-state index in [9.17, 15) is 0 Å². The number of hydrogen-bond acceptors (Lipinski definition) is 4. The average Bonchev–Trinajstić information content (AvgIpc) is 2.15. The zero-order valence-electron chi connectivity index (χ0n) is 8.55. The number of nitrogens with one attached hydrogen (secondary N) is 1. The Hall–Kier alpha value is -0.320. The maximum absolute atomic E-state index is 5.71. The molecule has 4 nitrogen and oxygen atoms in total. The van der Waals surface area contributed by atoms with Crippen molar-refractivity contribution in [2.75, 3.05) is 12.4 Å². The van der Waals surface area contributed by atoms with E-state index in [2.05, 4.69) is 20.3 Å². The van der Waals surface area contributed by atoms with E-state index < -0.39 is 3.79 Å². The molecule has 0 radical (unpaired) electrons. The van der Waals surface area contributed by atoms with Gasteiger partial charge in [0.25, 0.3) is 0 Å². The molecule has 0 amide bonds. The van der Waals surface area contributed by atoms with E-state index >= 15 is 0 Å². The zero-order valence-corrected chi connectivity index (χ0v) is 10.8. The molecule has 1 aromatic rings. The van der Waals surface area contributed by atoms with Gasteiger partial charge in [0.15, 0.2) is 5.82 Å². The van der Waals surface area contributed by atoms with Crippen LogP contribution in [0.25, 0.3) is 0 Å². The molecule has 0 aliphatic carbocycles. The van der Waals surface area contributed by atoms with Crippen LogP contribution in [0.1, 0.15) is 31.4 Å². The Labute approximate surface area is 103 Å². The van der Waals surface area contributed by atoms with Gasteiger partial charge in [0, 0.05) is 13.0 Å². The van der Waals surface area contributed by atoms with E-state index in [1.54, 1.807) is 7.05 Å². The Morgan fingerprint density at radius 2 is 1.73 bits per heavy atom. The number of alkyl halides is 3. The second-order valence-electron chi connectivity index (χ2n) is 3.24. The number of aromatic nitrogens is 3. The number of halogens is 3. The van der Waals surface area contributed by atoms with Gasteiger partial charge < -0.3 is 5.32 Å². The molecule has 84 valence electrons. The van der Waals surface area contributed by atoms with Crippen molar-refractivity contribution in [2.24, 2.45) is 0 Å². The highest BCUT2D eigenvalue weighted by Crippen LogP contribution is 2.36. The molecule has 0 fully saturated rings. The highest BCUT2D eigenvalue weighted by atomic mass is 35.6. The quantitative estimate of drug-likeness (QED) is 0.839. The topological polar surface area (TPSA) is 50.7 Å². The fraction of sp³-hybridized carbons (Fsp3) is 0.625. The van der Waals surface area contributed by atoms with Crippen LogP contribution in [-0.2, 0) is 3.79 Å². The lowest BCUT2D eigenvalue weighted by Gasteiger charge is -2.13. The lowest BCUT2D eigenvalue weighted by Crippen LogP contribution is -2.14.